The summed E-state index contributed by atoms with van der Waals surface area (Å²) in [5.41, 5.74) is 1.12. The molecule has 0 atom stereocenters. The van der Waals surface area contributed by atoms with Crippen LogP contribution in [0.1, 0.15) is 24.4 Å². The summed E-state index contributed by atoms with van der Waals surface area (Å²) in [6.07, 6.45) is 3.98. The Balaban J connectivity index is 0.00000108. The SMILES string of the molecule is Cl.O=C(NCc1cnc2n1CCNC2)C1CC1. The number of fused-ring (bicyclic) bond motifs is 1. The molecule has 0 saturated heterocycles. The molecule has 2 N–H and O–H groups in total. The van der Waals surface area contributed by atoms with Crippen molar-refractivity contribution in [2.45, 2.75) is 32.5 Å². The number of nitrogens with zero attached hydrogens (tertiary/aromatic N) is 2. The maximum Gasteiger partial charge on any atom is 0.223 e. The van der Waals surface area contributed by atoms with Gasteiger partial charge in [-0.2, -0.15) is 0 Å². The summed E-state index contributed by atoms with van der Waals surface area (Å²) in [6, 6.07) is 0. The second-order valence-corrected chi connectivity index (χ2v) is 4.49. The average Bonchev–Trinajstić information content (AvgIpc) is 3.08. The van der Waals surface area contributed by atoms with Crippen molar-refractivity contribution in [2.75, 3.05) is 6.54 Å². The van der Waals surface area contributed by atoms with Crippen molar-refractivity contribution in [3.63, 3.8) is 0 Å². The van der Waals surface area contributed by atoms with E-state index in [4.69, 9.17) is 0 Å². The molecule has 0 bridgehead atoms. The molecular formula is C11H17ClN4O. The number of amides is 1. The van der Waals surface area contributed by atoms with E-state index in [1.165, 1.54) is 0 Å². The van der Waals surface area contributed by atoms with Crippen LogP contribution in [0.3, 0.4) is 0 Å². The Labute approximate surface area is 106 Å². The number of halogens is 1. The summed E-state index contributed by atoms with van der Waals surface area (Å²) >= 11 is 0. The van der Waals surface area contributed by atoms with Gasteiger partial charge in [-0.25, -0.2) is 4.98 Å². The third kappa shape index (κ3) is 2.61. The minimum atomic E-state index is 0. The third-order valence-electron chi connectivity index (χ3n) is 3.21. The van der Waals surface area contributed by atoms with Gasteiger partial charge in [-0.3, -0.25) is 4.79 Å². The Morgan fingerprint density at radius 2 is 2.41 bits per heavy atom. The summed E-state index contributed by atoms with van der Waals surface area (Å²) in [6.45, 7) is 3.37. The Kier molecular flexibility index (Phi) is 3.69. The maximum absolute atomic E-state index is 11.5. The first kappa shape index (κ1) is 12.4. The minimum absolute atomic E-state index is 0. The van der Waals surface area contributed by atoms with Crippen LogP contribution in [0.2, 0.25) is 0 Å². The number of carbonyl (C=O) groups is 1. The van der Waals surface area contributed by atoms with Gasteiger partial charge in [0.15, 0.2) is 0 Å². The zero-order chi connectivity index (χ0) is 11.0. The number of carbonyl (C=O) groups excluding carboxylic acids is 1. The first-order valence-corrected chi connectivity index (χ1v) is 5.86. The van der Waals surface area contributed by atoms with Crippen LogP contribution in [0.15, 0.2) is 6.20 Å². The fourth-order valence-electron chi connectivity index (χ4n) is 2.07. The van der Waals surface area contributed by atoms with E-state index in [1.54, 1.807) is 0 Å². The highest BCUT2D eigenvalue weighted by atomic mass is 35.5. The van der Waals surface area contributed by atoms with Crippen molar-refractivity contribution >= 4 is 18.3 Å². The quantitative estimate of drug-likeness (QED) is 0.825. The molecule has 0 aromatic carbocycles. The molecular weight excluding hydrogens is 240 g/mol. The molecule has 17 heavy (non-hydrogen) atoms. The molecule has 1 aromatic heterocycles. The standard InChI is InChI=1S/C11H16N4O.ClH/c16-11(8-1-2-8)14-6-9-5-13-10-7-12-3-4-15(9)10;/h5,8,12H,1-4,6-7H2,(H,14,16);1H. The topological polar surface area (TPSA) is 59.0 Å². The number of imidazole rings is 1. The highest BCUT2D eigenvalue weighted by Crippen LogP contribution is 2.28. The Bertz CT molecular complexity index is 414. The van der Waals surface area contributed by atoms with E-state index in [0.717, 1.165) is 44.0 Å². The van der Waals surface area contributed by atoms with Gasteiger partial charge >= 0.3 is 0 Å². The fraction of sp³-hybridized carbons (Fsp3) is 0.636. The van der Waals surface area contributed by atoms with Gasteiger partial charge in [-0.1, -0.05) is 0 Å². The second kappa shape index (κ2) is 5.06. The summed E-state index contributed by atoms with van der Waals surface area (Å²) < 4.78 is 2.20. The second-order valence-electron chi connectivity index (χ2n) is 4.49. The molecule has 1 fully saturated rings. The molecule has 3 rings (SSSR count). The summed E-state index contributed by atoms with van der Waals surface area (Å²) in [5.74, 6) is 1.55. The highest BCUT2D eigenvalue weighted by Gasteiger charge is 2.29. The Morgan fingerprint density at radius 1 is 1.59 bits per heavy atom. The van der Waals surface area contributed by atoms with E-state index in [-0.39, 0.29) is 24.2 Å². The normalized spacial score (nSPS) is 18.1. The van der Waals surface area contributed by atoms with Crippen molar-refractivity contribution < 1.29 is 4.79 Å². The molecule has 1 aliphatic carbocycles. The first-order chi connectivity index (χ1) is 7.84. The smallest absolute Gasteiger partial charge is 0.223 e. The molecule has 2 heterocycles. The van der Waals surface area contributed by atoms with Gasteiger partial charge in [0.05, 0.1) is 25.0 Å². The van der Waals surface area contributed by atoms with Crippen LogP contribution in [0, 0.1) is 5.92 Å². The molecule has 94 valence electrons. The van der Waals surface area contributed by atoms with Crippen LogP contribution in [-0.4, -0.2) is 22.0 Å². The Hall–Kier alpha value is -1.07. The lowest BCUT2D eigenvalue weighted by Crippen LogP contribution is -2.31. The van der Waals surface area contributed by atoms with E-state index in [2.05, 4.69) is 20.2 Å². The number of nitrogens with one attached hydrogen (secondary N) is 2. The summed E-state index contributed by atoms with van der Waals surface area (Å²) in [4.78, 5) is 15.9. The van der Waals surface area contributed by atoms with Crippen LogP contribution >= 0.6 is 12.4 Å². The maximum atomic E-state index is 11.5. The zero-order valence-electron chi connectivity index (χ0n) is 9.61. The van der Waals surface area contributed by atoms with Gasteiger partial charge < -0.3 is 15.2 Å². The van der Waals surface area contributed by atoms with E-state index < -0.39 is 0 Å². The van der Waals surface area contributed by atoms with Crippen molar-refractivity contribution in [2.24, 2.45) is 5.92 Å². The zero-order valence-corrected chi connectivity index (χ0v) is 10.4. The summed E-state index contributed by atoms with van der Waals surface area (Å²) in [7, 11) is 0. The number of hydrogen-bond donors (Lipinski definition) is 2. The van der Waals surface area contributed by atoms with E-state index >= 15 is 0 Å². The largest absolute Gasteiger partial charge is 0.350 e. The van der Waals surface area contributed by atoms with Crippen molar-refractivity contribution in [1.82, 2.24) is 20.2 Å². The minimum Gasteiger partial charge on any atom is -0.350 e. The molecule has 1 aliphatic heterocycles. The molecule has 5 nitrogen and oxygen atoms in total. The number of aromatic nitrogens is 2. The monoisotopic (exact) mass is 256 g/mol. The van der Waals surface area contributed by atoms with Crippen LogP contribution in [-0.2, 0) is 24.4 Å². The third-order valence-corrected chi connectivity index (χ3v) is 3.21. The molecule has 0 unspecified atom stereocenters. The fourth-order valence-corrected chi connectivity index (χ4v) is 2.07. The lowest BCUT2D eigenvalue weighted by Gasteiger charge is -2.17. The molecule has 2 aliphatic rings. The van der Waals surface area contributed by atoms with Crippen molar-refractivity contribution in [1.29, 1.82) is 0 Å². The van der Waals surface area contributed by atoms with Crippen LogP contribution in [0.4, 0.5) is 0 Å². The van der Waals surface area contributed by atoms with Gasteiger partial charge in [0.2, 0.25) is 5.91 Å². The van der Waals surface area contributed by atoms with Gasteiger partial charge in [-0.15, -0.1) is 12.4 Å². The van der Waals surface area contributed by atoms with Crippen molar-refractivity contribution in [3.8, 4) is 0 Å². The van der Waals surface area contributed by atoms with Gasteiger partial charge in [0.1, 0.15) is 5.82 Å². The lowest BCUT2D eigenvalue weighted by molar-refractivity contribution is -0.122. The highest BCUT2D eigenvalue weighted by molar-refractivity contribution is 5.85. The van der Waals surface area contributed by atoms with Crippen molar-refractivity contribution in [3.05, 3.63) is 17.7 Å². The Morgan fingerprint density at radius 3 is 3.18 bits per heavy atom. The van der Waals surface area contributed by atoms with Crippen LogP contribution in [0.25, 0.3) is 0 Å². The molecule has 6 heteroatoms. The number of rotatable bonds is 3. The molecule has 0 spiro atoms. The van der Waals surface area contributed by atoms with E-state index in [0.29, 0.717) is 6.54 Å². The lowest BCUT2D eigenvalue weighted by atomic mass is 10.3. The van der Waals surface area contributed by atoms with E-state index in [1.807, 2.05) is 6.20 Å². The number of hydrogen-bond acceptors (Lipinski definition) is 3. The van der Waals surface area contributed by atoms with Crippen LogP contribution in [0.5, 0.6) is 0 Å². The molecule has 1 aromatic rings. The van der Waals surface area contributed by atoms with Gasteiger partial charge in [0.25, 0.3) is 0 Å². The predicted octanol–water partition coefficient (Wildman–Crippen LogP) is 0.434. The predicted molar refractivity (Wildman–Crippen MR) is 65.8 cm³/mol. The summed E-state index contributed by atoms with van der Waals surface area (Å²) in [5, 5.41) is 6.25. The molecule has 1 saturated carbocycles. The van der Waals surface area contributed by atoms with E-state index in [9.17, 15) is 4.79 Å². The first-order valence-electron chi connectivity index (χ1n) is 5.86. The average molecular weight is 257 g/mol. The molecule has 0 radical (unpaired) electrons. The van der Waals surface area contributed by atoms with Gasteiger partial charge in [0, 0.05) is 19.0 Å². The van der Waals surface area contributed by atoms with Crippen LogP contribution < -0.4 is 10.6 Å². The molecule has 1 amide bonds. The van der Waals surface area contributed by atoms with Gasteiger partial charge in [-0.05, 0) is 12.8 Å².